The maximum atomic E-state index is 8.77. The van der Waals surface area contributed by atoms with E-state index in [0.29, 0.717) is 0 Å². The predicted molar refractivity (Wildman–Crippen MR) is 30.8 cm³/mol. The van der Waals surface area contributed by atoms with Crippen molar-refractivity contribution in [2.75, 3.05) is 0 Å². The molecule has 8 heteroatoms. The molecule has 0 amide bonds. The molecule has 48 valence electrons. The minimum atomic E-state index is -4.89. The molecule has 1 unspecified atom stereocenters. The SMILES string of the molecule is O=P([O-])(O)O.P.[Ca+2].[OH-]. The van der Waals surface area contributed by atoms with Crippen molar-refractivity contribution in [3.63, 3.8) is 0 Å². The number of phosphoric acid groups is 1. The molecule has 0 saturated heterocycles. The molecule has 8 heavy (non-hydrogen) atoms. The Bertz CT molecular complexity index is 56.6. The summed E-state index contributed by atoms with van der Waals surface area (Å²) in [4.78, 5) is 22.9. The molecule has 5 nitrogen and oxygen atoms in total. The Hall–Kier alpha value is 1.76. The smallest absolute Gasteiger partial charge is 0.870 e. The van der Waals surface area contributed by atoms with E-state index in [1.807, 2.05) is 0 Å². The van der Waals surface area contributed by atoms with Crippen molar-refractivity contribution in [3.05, 3.63) is 0 Å². The van der Waals surface area contributed by atoms with Crippen LogP contribution in [0.1, 0.15) is 0 Å². The van der Waals surface area contributed by atoms with Gasteiger partial charge < -0.3 is 20.2 Å². The Morgan fingerprint density at radius 1 is 1.38 bits per heavy atom. The van der Waals surface area contributed by atoms with E-state index in [1.165, 1.54) is 0 Å². The van der Waals surface area contributed by atoms with Crippen LogP contribution in [-0.4, -0.2) is 53.0 Å². The van der Waals surface area contributed by atoms with Crippen LogP contribution >= 0.6 is 17.7 Å². The first-order chi connectivity index (χ1) is 2.00. The molecule has 0 radical (unpaired) electrons. The summed E-state index contributed by atoms with van der Waals surface area (Å²) in [6, 6.07) is 0. The quantitative estimate of drug-likeness (QED) is 0.335. The second-order valence-electron chi connectivity index (χ2n) is 0.491. The molecule has 0 aliphatic rings. The van der Waals surface area contributed by atoms with Gasteiger partial charge in [-0.3, -0.25) is 4.57 Å². The van der Waals surface area contributed by atoms with Gasteiger partial charge >= 0.3 is 37.7 Å². The Morgan fingerprint density at radius 2 is 1.38 bits per heavy atom. The summed E-state index contributed by atoms with van der Waals surface area (Å²) < 4.78 is 8.77. The molecule has 0 rings (SSSR count). The van der Waals surface area contributed by atoms with E-state index in [1.54, 1.807) is 0 Å². The first kappa shape index (κ1) is 22.6. The van der Waals surface area contributed by atoms with Crippen LogP contribution in [0.15, 0.2) is 0 Å². The molecule has 0 bridgehead atoms. The fraction of sp³-hybridized carbons (Fsp3) is 0. The maximum Gasteiger partial charge on any atom is 2.00 e. The predicted octanol–water partition coefficient (Wildman–Crippen LogP) is -2.06. The first-order valence-corrected chi connectivity index (χ1v) is 2.30. The van der Waals surface area contributed by atoms with Crippen LogP contribution in [0.3, 0.4) is 0 Å². The van der Waals surface area contributed by atoms with Crippen molar-refractivity contribution in [2.45, 2.75) is 0 Å². The molecule has 0 heterocycles. The molecule has 3 N–H and O–H groups in total. The van der Waals surface area contributed by atoms with E-state index in [9.17, 15) is 0 Å². The van der Waals surface area contributed by atoms with Crippen LogP contribution in [0, 0.1) is 0 Å². The summed E-state index contributed by atoms with van der Waals surface area (Å²) >= 11 is 0. The molecule has 0 fully saturated rings. The average molecular weight is 188 g/mol. The van der Waals surface area contributed by atoms with Gasteiger partial charge in [0.25, 0.3) is 7.82 Å². The zero-order chi connectivity index (χ0) is 4.50. The molecule has 1 atom stereocenters. The van der Waals surface area contributed by atoms with Gasteiger partial charge in [-0.25, -0.2) is 0 Å². The molecular formula is H6CaO5P2. The molecule has 0 aromatic heterocycles. The van der Waals surface area contributed by atoms with Crippen molar-refractivity contribution in [1.82, 2.24) is 0 Å². The summed E-state index contributed by atoms with van der Waals surface area (Å²) in [5, 5.41) is 0. The van der Waals surface area contributed by atoms with E-state index < -0.39 is 7.82 Å². The van der Waals surface area contributed by atoms with Crippen LogP contribution in [-0.2, 0) is 4.57 Å². The largest absolute Gasteiger partial charge is 2.00 e. The van der Waals surface area contributed by atoms with Crippen LogP contribution in [0.4, 0.5) is 0 Å². The third-order valence-electron chi connectivity index (χ3n) is 0. The Labute approximate surface area is 79.7 Å². The molecule has 0 aromatic carbocycles. The minimum Gasteiger partial charge on any atom is -0.870 e. The van der Waals surface area contributed by atoms with E-state index in [0.717, 1.165) is 0 Å². The second-order valence-corrected chi connectivity index (χ2v) is 1.47. The summed E-state index contributed by atoms with van der Waals surface area (Å²) in [5.41, 5.74) is 0. The second kappa shape index (κ2) is 8.76. The van der Waals surface area contributed by atoms with Gasteiger partial charge in [0.2, 0.25) is 0 Å². The molecule has 0 spiro atoms. The van der Waals surface area contributed by atoms with Crippen LogP contribution < -0.4 is 4.89 Å². The number of hydrogen-bond donors (Lipinski definition) is 2. The van der Waals surface area contributed by atoms with Crippen molar-refractivity contribution >= 4 is 55.5 Å². The van der Waals surface area contributed by atoms with Gasteiger partial charge in [0.1, 0.15) is 0 Å². The first-order valence-electron chi connectivity index (χ1n) is 0.765. The van der Waals surface area contributed by atoms with Crippen LogP contribution in [0.2, 0.25) is 0 Å². The van der Waals surface area contributed by atoms with E-state index >= 15 is 0 Å². The maximum absolute atomic E-state index is 8.77. The Kier molecular flexibility index (Phi) is 24.7. The molecular weight excluding hydrogens is 182 g/mol. The van der Waals surface area contributed by atoms with Gasteiger partial charge in [-0.1, -0.05) is 0 Å². The number of hydrogen-bond acceptors (Lipinski definition) is 3. The fourth-order valence-corrected chi connectivity index (χ4v) is 0. The van der Waals surface area contributed by atoms with E-state index in [2.05, 4.69) is 0 Å². The van der Waals surface area contributed by atoms with Gasteiger partial charge in [-0.15, -0.1) is 0 Å². The average Bonchev–Trinajstić information content (AvgIpc) is 0.722. The number of rotatable bonds is 0. The van der Waals surface area contributed by atoms with E-state index in [4.69, 9.17) is 19.2 Å². The Morgan fingerprint density at radius 3 is 1.38 bits per heavy atom. The fourth-order valence-electron chi connectivity index (χ4n) is 0. The molecule has 0 aliphatic heterocycles. The molecule has 0 saturated carbocycles. The van der Waals surface area contributed by atoms with Gasteiger partial charge in [0.15, 0.2) is 0 Å². The monoisotopic (exact) mass is 188 g/mol. The van der Waals surface area contributed by atoms with Crippen molar-refractivity contribution < 1.29 is 24.7 Å². The van der Waals surface area contributed by atoms with Crippen LogP contribution in [0.25, 0.3) is 0 Å². The van der Waals surface area contributed by atoms with Crippen molar-refractivity contribution in [3.8, 4) is 0 Å². The summed E-state index contributed by atoms with van der Waals surface area (Å²) in [6.45, 7) is 0. The minimum absolute atomic E-state index is 0. The molecule has 0 aliphatic carbocycles. The third kappa shape index (κ3) is 115. The standard InChI is InChI=1S/Ca.H3O4P.H2O.H3P/c;1-5(2,3)4;;/h;(H3,1,2,3,4);1H2;1H3/q+2;;;/p-2. The van der Waals surface area contributed by atoms with Crippen molar-refractivity contribution in [1.29, 1.82) is 0 Å². The topological polar surface area (TPSA) is 111 Å². The van der Waals surface area contributed by atoms with Gasteiger partial charge in [-0.05, 0) is 0 Å². The van der Waals surface area contributed by atoms with Gasteiger partial charge in [0, 0.05) is 0 Å². The van der Waals surface area contributed by atoms with Gasteiger partial charge in [-0.2, -0.15) is 9.90 Å². The van der Waals surface area contributed by atoms with Crippen molar-refractivity contribution in [2.24, 2.45) is 0 Å². The Balaban J connectivity index is -0.0000000267. The summed E-state index contributed by atoms with van der Waals surface area (Å²) in [5.74, 6) is 0. The van der Waals surface area contributed by atoms with Gasteiger partial charge in [0.05, 0.1) is 0 Å². The normalized spacial score (nSPS) is 7.38. The van der Waals surface area contributed by atoms with Crippen LogP contribution in [0.5, 0.6) is 0 Å². The molecule has 0 aromatic rings. The summed E-state index contributed by atoms with van der Waals surface area (Å²) in [7, 11) is -4.89. The summed E-state index contributed by atoms with van der Waals surface area (Å²) in [6.07, 6.45) is 0. The zero-order valence-electron chi connectivity index (χ0n) is 4.02. The van der Waals surface area contributed by atoms with E-state index in [-0.39, 0.29) is 53.1 Å². The third-order valence-corrected chi connectivity index (χ3v) is 0. The zero-order valence-corrected chi connectivity index (χ0v) is 8.54.